The van der Waals surface area contributed by atoms with E-state index in [1.807, 2.05) is 13.0 Å². The second-order valence-electron chi connectivity index (χ2n) is 7.68. The molecule has 0 fully saturated rings. The van der Waals surface area contributed by atoms with Crippen molar-refractivity contribution in [1.29, 1.82) is 0 Å². The number of esters is 1. The maximum absolute atomic E-state index is 12.9. The molecule has 0 bridgehead atoms. The van der Waals surface area contributed by atoms with Crippen LogP contribution in [0.2, 0.25) is 0 Å². The fourth-order valence-corrected chi connectivity index (χ4v) is 3.65. The first-order valence-electron chi connectivity index (χ1n) is 10.4. The number of aromatic nitrogens is 4. The lowest BCUT2D eigenvalue weighted by Gasteiger charge is -2.15. The molecule has 2 heterocycles. The van der Waals surface area contributed by atoms with Crippen LogP contribution in [0, 0.1) is 6.92 Å². The van der Waals surface area contributed by atoms with Gasteiger partial charge in [0.1, 0.15) is 0 Å². The molecule has 2 aromatic heterocycles. The first kappa shape index (κ1) is 23.5. The zero-order valence-electron chi connectivity index (χ0n) is 19.5. The first-order chi connectivity index (χ1) is 16.7. The minimum absolute atomic E-state index is 0.117. The molecule has 0 aliphatic rings. The minimum atomic E-state index is -0.690. The predicted molar refractivity (Wildman–Crippen MR) is 124 cm³/mol. The molecule has 1 amide bonds. The predicted octanol–water partition coefficient (Wildman–Crippen LogP) is 1.13. The van der Waals surface area contributed by atoms with Gasteiger partial charge in [-0.3, -0.25) is 18.6 Å². The Labute approximate surface area is 198 Å². The number of hydrogen-bond acceptors (Lipinski definition) is 9. The standard InChI is InChI=1S/C23H23N5O7/c1-12-5-6-15-14(7-12)21(30)27(2)23-26-25-19(28(15)23)11-35-22(31)13-8-16(32-3)20(17(9-13)33-4)34-10-18(24)29/h5-9H,10-11H2,1-4H3,(H2,24,29). The van der Waals surface area contributed by atoms with Crippen molar-refractivity contribution in [1.82, 2.24) is 19.2 Å². The van der Waals surface area contributed by atoms with E-state index in [0.29, 0.717) is 22.5 Å². The Kier molecular flexibility index (Phi) is 6.28. The van der Waals surface area contributed by atoms with Crippen molar-refractivity contribution in [2.45, 2.75) is 13.5 Å². The fraction of sp³-hybridized carbons (Fsp3) is 0.261. The third-order valence-corrected chi connectivity index (χ3v) is 5.33. The molecule has 0 saturated carbocycles. The van der Waals surface area contributed by atoms with Crippen molar-refractivity contribution in [2.75, 3.05) is 20.8 Å². The van der Waals surface area contributed by atoms with Gasteiger partial charge in [-0.05, 0) is 31.2 Å². The number of carbonyl (C=O) groups excluding carboxylic acids is 2. The van der Waals surface area contributed by atoms with Crippen LogP contribution < -0.4 is 25.5 Å². The van der Waals surface area contributed by atoms with Crippen molar-refractivity contribution in [3.05, 3.63) is 57.6 Å². The maximum Gasteiger partial charge on any atom is 0.338 e. The van der Waals surface area contributed by atoms with Crippen molar-refractivity contribution in [3.8, 4) is 17.2 Å². The molecule has 0 saturated heterocycles. The van der Waals surface area contributed by atoms with Gasteiger partial charge in [0.15, 0.2) is 30.5 Å². The summed E-state index contributed by atoms with van der Waals surface area (Å²) in [6, 6.07) is 8.25. The van der Waals surface area contributed by atoms with E-state index in [9.17, 15) is 14.4 Å². The Hall–Kier alpha value is -4.61. The molecule has 4 rings (SSSR count). The topological polar surface area (TPSA) is 149 Å². The van der Waals surface area contributed by atoms with Gasteiger partial charge in [-0.1, -0.05) is 11.6 Å². The van der Waals surface area contributed by atoms with E-state index in [2.05, 4.69) is 10.2 Å². The summed E-state index contributed by atoms with van der Waals surface area (Å²) in [4.78, 5) is 36.7. The Balaban J connectivity index is 1.66. The lowest BCUT2D eigenvalue weighted by molar-refractivity contribution is -0.120. The molecule has 0 aliphatic heterocycles. The Morgan fingerprint density at radius 3 is 2.37 bits per heavy atom. The molecule has 4 aromatic rings. The average molecular weight is 481 g/mol. The highest BCUT2D eigenvalue weighted by atomic mass is 16.5. The van der Waals surface area contributed by atoms with Gasteiger partial charge in [0, 0.05) is 7.05 Å². The first-order valence-corrected chi connectivity index (χ1v) is 10.4. The van der Waals surface area contributed by atoms with Crippen LogP contribution in [0.5, 0.6) is 17.2 Å². The third kappa shape index (κ3) is 4.33. The molecule has 0 atom stereocenters. The number of methoxy groups -OCH3 is 2. The van der Waals surface area contributed by atoms with E-state index in [4.69, 9.17) is 24.7 Å². The summed E-state index contributed by atoms with van der Waals surface area (Å²) in [5.41, 5.74) is 6.58. The van der Waals surface area contributed by atoms with E-state index in [0.717, 1.165) is 5.56 Å². The average Bonchev–Trinajstić information content (AvgIpc) is 3.28. The monoisotopic (exact) mass is 481 g/mol. The zero-order valence-corrected chi connectivity index (χ0v) is 19.5. The summed E-state index contributed by atoms with van der Waals surface area (Å²) >= 11 is 0. The van der Waals surface area contributed by atoms with Crippen LogP contribution in [0.4, 0.5) is 0 Å². The number of amides is 1. The van der Waals surface area contributed by atoms with Crippen LogP contribution in [0.3, 0.4) is 0 Å². The van der Waals surface area contributed by atoms with Crippen molar-refractivity contribution < 1.29 is 28.5 Å². The van der Waals surface area contributed by atoms with E-state index in [1.165, 1.54) is 30.9 Å². The van der Waals surface area contributed by atoms with Gasteiger partial charge in [-0.25, -0.2) is 4.79 Å². The van der Waals surface area contributed by atoms with Crippen molar-refractivity contribution >= 4 is 28.6 Å². The SMILES string of the molecule is COc1cc(C(=O)OCc2nnc3n(C)c(=O)c4cc(C)ccc4n23)cc(OC)c1OCC(N)=O. The Morgan fingerprint density at radius 1 is 1.06 bits per heavy atom. The minimum Gasteiger partial charge on any atom is -0.493 e. The molecular formula is C23H23N5O7. The summed E-state index contributed by atoms with van der Waals surface area (Å²) in [5.74, 6) is -0.293. The number of carbonyl (C=O) groups is 2. The summed E-state index contributed by atoms with van der Waals surface area (Å²) < 4.78 is 24.5. The molecule has 12 heteroatoms. The molecule has 182 valence electrons. The highest BCUT2D eigenvalue weighted by Gasteiger charge is 2.21. The van der Waals surface area contributed by atoms with Crippen molar-refractivity contribution in [2.24, 2.45) is 12.8 Å². The largest absolute Gasteiger partial charge is 0.493 e. The normalized spacial score (nSPS) is 11.0. The summed E-state index contributed by atoms with van der Waals surface area (Å²) in [6.45, 7) is 1.28. The number of nitrogens with zero attached hydrogens (tertiary/aromatic N) is 4. The summed E-state index contributed by atoms with van der Waals surface area (Å²) in [6.07, 6.45) is 0. The van der Waals surface area contributed by atoms with E-state index in [-0.39, 0.29) is 35.0 Å². The molecule has 2 N–H and O–H groups in total. The Bertz CT molecular complexity index is 1500. The zero-order chi connectivity index (χ0) is 25.3. The molecular weight excluding hydrogens is 458 g/mol. The second-order valence-corrected chi connectivity index (χ2v) is 7.68. The molecule has 0 unspecified atom stereocenters. The quantitative estimate of drug-likeness (QED) is 0.365. The van der Waals surface area contributed by atoms with Gasteiger partial charge >= 0.3 is 5.97 Å². The molecule has 0 aliphatic carbocycles. The highest BCUT2D eigenvalue weighted by molar-refractivity contribution is 5.91. The van der Waals surface area contributed by atoms with Crippen LogP contribution >= 0.6 is 0 Å². The van der Waals surface area contributed by atoms with Gasteiger partial charge in [-0.15, -0.1) is 10.2 Å². The number of ether oxygens (including phenoxy) is 4. The Morgan fingerprint density at radius 2 is 1.74 bits per heavy atom. The van der Waals surface area contributed by atoms with Gasteiger partial charge in [-0.2, -0.15) is 0 Å². The lowest BCUT2D eigenvalue weighted by Crippen LogP contribution is -2.21. The third-order valence-electron chi connectivity index (χ3n) is 5.33. The van der Waals surface area contributed by atoms with E-state index < -0.39 is 18.5 Å². The van der Waals surface area contributed by atoms with Crippen LogP contribution in [-0.2, 0) is 23.2 Å². The summed E-state index contributed by atoms with van der Waals surface area (Å²) in [5, 5.41) is 8.71. The number of aryl methyl sites for hydroxylation is 2. The smallest absolute Gasteiger partial charge is 0.338 e. The fourth-order valence-electron chi connectivity index (χ4n) is 3.65. The van der Waals surface area contributed by atoms with Gasteiger partial charge in [0.25, 0.3) is 11.5 Å². The van der Waals surface area contributed by atoms with E-state index in [1.54, 1.807) is 23.6 Å². The molecule has 0 spiro atoms. The number of hydrogen-bond donors (Lipinski definition) is 1. The summed E-state index contributed by atoms with van der Waals surface area (Å²) in [7, 11) is 4.35. The van der Waals surface area contributed by atoms with Gasteiger partial charge in [0.2, 0.25) is 11.5 Å². The van der Waals surface area contributed by atoms with Crippen LogP contribution in [-0.4, -0.2) is 51.9 Å². The number of fused-ring (bicyclic) bond motifs is 3. The van der Waals surface area contributed by atoms with Gasteiger partial charge < -0.3 is 24.7 Å². The maximum atomic E-state index is 12.9. The number of benzene rings is 2. The second kappa shape index (κ2) is 9.33. The van der Waals surface area contributed by atoms with Crippen LogP contribution in [0.1, 0.15) is 21.7 Å². The van der Waals surface area contributed by atoms with Crippen LogP contribution in [0.25, 0.3) is 16.7 Å². The van der Waals surface area contributed by atoms with Gasteiger partial charge in [0.05, 0.1) is 30.7 Å². The molecule has 12 nitrogen and oxygen atoms in total. The van der Waals surface area contributed by atoms with Crippen LogP contribution in [0.15, 0.2) is 35.1 Å². The molecule has 35 heavy (non-hydrogen) atoms. The lowest BCUT2D eigenvalue weighted by atomic mass is 10.1. The van der Waals surface area contributed by atoms with E-state index >= 15 is 0 Å². The number of rotatable bonds is 8. The molecule has 0 radical (unpaired) electrons. The number of primary amides is 1. The highest BCUT2D eigenvalue weighted by Crippen LogP contribution is 2.38. The number of nitrogens with two attached hydrogens (primary N) is 1. The van der Waals surface area contributed by atoms with Crippen molar-refractivity contribution in [3.63, 3.8) is 0 Å². The molecule has 2 aromatic carbocycles.